The minimum Gasteiger partial charge on any atom is -0.465 e. The maximum absolute atomic E-state index is 14.0. The van der Waals surface area contributed by atoms with Crippen molar-refractivity contribution in [3.05, 3.63) is 72.3 Å². The number of ether oxygens (including phenoxy) is 1. The molecule has 1 fully saturated rings. The zero-order chi connectivity index (χ0) is 29.9. The summed E-state index contributed by atoms with van der Waals surface area (Å²) in [6.07, 6.45) is 0.135. The van der Waals surface area contributed by atoms with E-state index in [1.807, 2.05) is 18.2 Å². The van der Waals surface area contributed by atoms with Gasteiger partial charge < -0.3 is 14.5 Å². The Morgan fingerprint density at radius 3 is 2.29 bits per heavy atom. The van der Waals surface area contributed by atoms with Crippen LogP contribution in [0.1, 0.15) is 23.7 Å². The number of rotatable bonds is 8. The molecular formula is C29H31N3O7S2. The first-order valence-corrected chi connectivity index (χ1v) is 15.1. The number of esters is 1. The molecule has 3 aromatic carbocycles. The van der Waals surface area contributed by atoms with Gasteiger partial charge in [0.2, 0.25) is 21.8 Å². The normalized spacial score (nSPS) is 17.3. The molecule has 0 aliphatic carbocycles. The number of hydrogen-bond acceptors (Lipinski definition) is 8. The lowest BCUT2D eigenvalue weighted by Gasteiger charge is -2.28. The van der Waals surface area contributed by atoms with Crippen molar-refractivity contribution >= 4 is 61.1 Å². The Kier molecular flexibility index (Phi) is 9.15. The summed E-state index contributed by atoms with van der Waals surface area (Å²) in [7, 11) is 0.130. The van der Waals surface area contributed by atoms with Crippen molar-refractivity contribution in [2.45, 2.75) is 29.5 Å². The smallest absolute Gasteiger partial charge is 0.337 e. The first-order chi connectivity index (χ1) is 19.4. The molecule has 0 bridgehead atoms. The third-order valence-corrected chi connectivity index (χ3v) is 9.91. The molecule has 0 aromatic heterocycles. The van der Waals surface area contributed by atoms with Crippen molar-refractivity contribution in [3.63, 3.8) is 0 Å². The van der Waals surface area contributed by atoms with Crippen molar-refractivity contribution in [1.29, 1.82) is 0 Å². The van der Waals surface area contributed by atoms with Gasteiger partial charge in [-0.3, -0.25) is 14.4 Å². The molecule has 2 unspecified atom stereocenters. The molecule has 1 aliphatic heterocycles. The number of thioether (sulfide) groups is 1. The van der Waals surface area contributed by atoms with Gasteiger partial charge in [-0.05, 0) is 42.1 Å². The van der Waals surface area contributed by atoms with E-state index in [-0.39, 0.29) is 29.5 Å². The lowest BCUT2D eigenvalue weighted by Crippen LogP contribution is -2.49. The molecular weight excluding hydrogens is 566 g/mol. The number of fused-ring (bicyclic) bond motifs is 1. The van der Waals surface area contributed by atoms with Crippen LogP contribution in [0.5, 0.6) is 0 Å². The van der Waals surface area contributed by atoms with E-state index in [0.29, 0.717) is 16.6 Å². The zero-order valence-electron chi connectivity index (χ0n) is 23.1. The van der Waals surface area contributed by atoms with Gasteiger partial charge in [0.15, 0.2) is 5.12 Å². The summed E-state index contributed by atoms with van der Waals surface area (Å²) in [5, 5.41) is 0.697. The SMILES string of the molecule is COC(=O)c1ccc(N(C)C(=O)CN(C)C(=O)C2CC(SC(C)=O)CN2S(=O)(=O)c2cccc3ccccc23)cc1. The molecule has 1 saturated heterocycles. The Labute approximate surface area is 243 Å². The number of carbonyl (C=O) groups is 4. The van der Waals surface area contributed by atoms with Crippen molar-refractivity contribution < 1.29 is 32.3 Å². The van der Waals surface area contributed by atoms with Gasteiger partial charge in [-0.2, -0.15) is 4.31 Å². The monoisotopic (exact) mass is 597 g/mol. The van der Waals surface area contributed by atoms with Gasteiger partial charge in [0, 0.05) is 43.9 Å². The van der Waals surface area contributed by atoms with E-state index in [4.69, 9.17) is 4.74 Å². The molecule has 3 aromatic rings. The summed E-state index contributed by atoms with van der Waals surface area (Å²) < 4.78 is 33.8. The van der Waals surface area contributed by atoms with Gasteiger partial charge in [-0.15, -0.1) is 0 Å². The number of anilines is 1. The molecule has 41 heavy (non-hydrogen) atoms. The number of carbonyl (C=O) groups excluding carboxylic acids is 4. The van der Waals surface area contributed by atoms with Crippen LogP contribution in [0.2, 0.25) is 0 Å². The molecule has 1 heterocycles. The van der Waals surface area contributed by atoms with Crippen LogP contribution in [0.4, 0.5) is 5.69 Å². The minimum absolute atomic E-state index is 0.0135. The van der Waals surface area contributed by atoms with E-state index < -0.39 is 39.1 Å². The fourth-order valence-electron chi connectivity index (χ4n) is 4.85. The number of likely N-dealkylation sites (N-methyl/N-ethyl adjacent to an activating group) is 2. The molecule has 0 radical (unpaired) electrons. The topological polar surface area (TPSA) is 121 Å². The fraction of sp³-hybridized carbons (Fsp3) is 0.310. The van der Waals surface area contributed by atoms with E-state index in [1.54, 1.807) is 37.4 Å². The average Bonchev–Trinajstić information content (AvgIpc) is 3.39. The second-order valence-corrected chi connectivity index (χ2v) is 13.1. The van der Waals surface area contributed by atoms with Gasteiger partial charge in [-0.1, -0.05) is 48.2 Å². The van der Waals surface area contributed by atoms with Gasteiger partial charge in [0.25, 0.3) is 0 Å². The summed E-state index contributed by atoms with van der Waals surface area (Å²) in [5.41, 5.74) is 0.832. The van der Waals surface area contributed by atoms with Crippen LogP contribution >= 0.6 is 11.8 Å². The highest BCUT2D eigenvalue weighted by atomic mass is 32.2. The van der Waals surface area contributed by atoms with Gasteiger partial charge in [-0.25, -0.2) is 13.2 Å². The molecule has 0 N–H and O–H groups in total. The number of methoxy groups -OCH3 is 1. The summed E-state index contributed by atoms with van der Waals surface area (Å²) in [5.74, 6) is -1.46. The lowest BCUT2D eigenvalue weighted by molar-refractivity contribution is -0.136. The van der Waals surface area contributed by atoms with Gasteiger partial charge >= 0.3 is 5.97 Å². The van der Waals surface area contributed by atoms with E-state index >= 15 is 0 Å². The minimum atomic E-state index is -4.13. The Balaban J connectivity index is 1.56. The highest BCUT2D eigenvalue weighted by Crippen LogP contribution is 2.35. The van der Waals surface area contributed by atoms with Crippen LogP contribution in [-0.2, 0) is 29.1 Å². The van der Waals surface area contributed by atoms with Gasteiger partial charge in [0.05, 0.1) is 24.1 Å². The standard InChI is InChI=1S/C29H31N3O7S2/c1-19(33)40-23-16-25(32(17-23)41(37,38)26-11-7-9-20-8-5-6-10-24(20)26)28(35)30(2)18-27(34)31(3)22-14-12-21(13-15-22)29(36)39-4/h5-15,23,25H,16-18H2,1-4H3. The van der Waals surface area contributed by atoms with Crippen LogP contribution in [-0.4, -0.2) is 86.1 Å². The zero-order valence-corrected chi connectivity index (χ0v) is 24.8. The second kappa shape index (κ2) is 12.4. The highest BCUT2D eigenvalue weighted by Gasteiger charge is 2.46. The Bertz CT molecular complexity index is 1590. The van der Waals surface area contributed by atoms with Crippen LogP contribution in [0.25, 0.3) is 10.8 Å². The summed E-state index contributed by atoms with van der Waals surface area (Å²) >= 11 is 1.01. The number of amides is 2. The highest BCUT2D eigenvalue weighted by molar-refractivity contribution is 8.14. The maximum atomic E-state index is 14.0. The van der Waals surface area contributed by atoms with Crippen LogP contribution in [0, 0.1) is 0 Å². The van der Waals surface area contributed by atoms with E-state index in [2.05, 4.69) is 0 Å². The number of sulfonamides is 1. The molecule has 1 aliphatic rings. The molecule has 2 atom stereocenters. The maximum Gasteiger partial charge on any atom is 0.337 e. The first kappa shape index (κ1) is 30.2. The summed E-state index contributed by atoms with van der Waals surface area (Å²) in [4.78, 5) is 52.9. The van der Waals surface area contributed by atoms with Gasteiger partial charge in [0.1, 0.15) is 6.04 Å². The molecule has 0 spiro atoms. The molecule has 216 valence electrons. The van der Waals surface area contributed by atoms with E-state index in [9.17, 15) is 27.6 Å². The molecule has 12 heteroatoms. The molecule has 10 nitrogen and oxygen atoms in total. The number of hydrogen-bond donors (Lipinski definition) is 0. The van der Waals surface area contributed by atoms with Crippen LogP contribution in [0.15, 0.2) is 71.6 Å². The van der Waals surface area contributed by atoms with Crippen molar-refractivity contribution in [3.8, 4) is 0 Å². The number of nitrogens with zero attached hydrogens (tertiary/aromatic N) is 3. The largest absolute Gasteiger partial charge is 0.465 e. The summed E-state index contributed by atoms with van der Waals surface area (Å²) in [6, 6.07) is 17.2. The predicted molar refractivity (Wildman–Crippen MR) is 157 cm³/mol. The van der Waals surface area contributed by atoms with Crippen molar-refractivity contribution in [2.75, 3.05) is 39.2 Å². The Morgan fingerprint density at radius 1 is 0.976 bits per heavy atom. The Hall–Kier alpha value is -3.74. The average molecular weight is 598 g/mol. The van der Waals surface area contributed by atoms with Crippen LogP contribution < -0.4 is 4.90 Å². The third-order valence-electron chi connectivity index (χ3n) is 6.97. The molecule has 4 rings (SSSR count). The third kappa shape index (κ3) is 6.45. The first-order valence-electron chi connectivity index (χ1n) is 12.8. The molecule has 2 amide bonds. The van der Waals surface area contributed by atoms with Crippen LogP contribution in [0.3, 0.4) is 0 Å². The summed E-state index contributed by atoms with van der Waals surface area (Å²) in [6.45, 7) is 1.08. The second-order valence-electron chi connectivity index (χ2n) is 9.72. The van der Waals surface area contributed by atoms with E-state index in [1.165, 1.54) is 49.1 Å². The quantitative estimate of drug-likeness (QED) is 0.363. The molecule has 0 saturated carbocycles. The fourth-order valence-corrected chi connectivity index (χ4v) is 7.78. The van der Waals surface area contributed by atoms with Crippen molar-refractivity contribution in [2.24, 2.45) is 0 Å². The Morgan fingerprint density at radius 2 is 1.63 bits per heavy atom. The number of benzene rings is 3. The van der Waals surface area contributed by atoms with Crippen molar-refractivity contribution in [1.82, 2.24) is 9.21 Å². The predicted octanol–water partition coefficient (Wildman–Crippen LogP) is 3.16. The lowest BCUT2D eigenvalue weighted by atomic mass is 10.1. The van der Waals surface area contributed by atoms with E-state index in [0.717, 1.165) is 21.5 Å².